The van der Waals surface area contributed by atoms with Crippen LogP contribution in [-0.2, 0) is 35.2 Å². The summed E-state index contributed by atoms with van der Waals surface area (Å²) in [5, 5.41) is 34.9. The number of hydrogen-bond donors (Lipinski definition) is 8. The zero-order valence-electron chi connectivity index (χ0n) is 19.9. The first-order chi connectivity index (χ1) is 17.4. The average molecular weight is 520 g/mol. The standard InChI is InChI=1S/C23H29N5O9/c1-11(24)20(33)26-15(6-7-18(29)30)21(34)27-16(22(35)28-17(23(36)37)9-19(31)32)8-12-10-25-14-5-3-2-4-13(12)14/h2-5,10-11,15-17,25H,6-9,24H2,1H3,(H,26,33)(H,27,34)(H,28,35)(H,29,30)(H,31,32)(H,36,37). The molecule has 0 fully saturated rings. The fraction of sp³-hybridized carbons (Fsp3) is 0.391. The number of hydrogen-bond acceptors (Lipinski definition) is 7. The Morgan fingerprint density at radius 3 is 2.05 bits per heavy atom. The minimum absolute atomic E-state index is 0.131. The van der Waals surface area contributed by atoms with Gasteiger partial charge in [-0.15, -0.1) is 0 Å². The van der Waals surface area contributed by atoms with Gasteiger partial charge >= 0.3 is 17.9 Å². The number of aromatic nitrogens is 1. The van der Waals surface area contributed by atoms with Crippen molar-refractivity contribution in [1.82, 2.24) is 20.9 Å². The van der Waals surface area contributed by atoms with Gasteiger partial charge in [0.1, 0.15) is 18.1 Å². The Labute approximate surface area is 210 Å². The van der Waals surface area contributed by atoms with Gasteiger partial charge in [0.15, 0.2) is 0 Å². The fourth-order valence-electron chi connectivity index (χ4n) is 3.49. The van der Waals surface area contributed by atoms with Gasteiger partial charge in [0.25, 0.3) is 0 Å². The van der Waals surface area contributed by atoms with E-state index in [2.05, 4.69) is 20.9 Å². The lowest BCUT2D eigenvalue weighted by molar-refractivity contribution is -0.147. The summed E-state index contributed by atoms with van der Waals surface area (Å²) in [4.78, 5) is 74.8. The number of nitrogens with one attached hydrogen (secondary N) is 4. The molecule has 3 amide bonds. The highest BCUT2D eigenvalue weighted by atomic mass is 16.4. The van der Waals surface area contributed by atoms with Crippen LogP contribution in [0.2, 0.25) is 0 Å². The lowest BCUT2D eigenvalue weighted by Crippen LogP contribution is -2.57. The van der Waals surface area contributed by atoms with Crippen LogP contribution >= 0.6 is 0 Å². The predicted octanol–water partition coefficient (Wildman–Crippen LogP) is -1.06. The number of aliphatic carboxylic acids is 3. The third-order valence-electron chi connectivity index (χ3n) is 5.42. The normalized spacial score (nSPS) is 14.1. The molecule has 0 saturated heterocycles. The first-order valence-electron chi connectivity index (χ1n) is 11.3. The number of carbonyl (C=O) groups is 6. The van der Waals surface area contributed by atoms with E-state index in [1.165, 1.54) is 6.92 Å². The van der Waals surface area contributed by atoms with Crippen LogP contribution < -0.4 is 21.7 Å². The molecule has 1 aromatic heterocycles. The summed E-state index contributed by atoms with van der Waals surface area (Å²) in [5.41, 5.74) is 6.85. The molecular weight excluding hydrogens is 490 g/mol. The van der Waals surface area contributed by atoms with Crippen molar-refractivity contribution in [2.24, 2.45) is 5.73 Å². The molecule has 200 valence electrons. The molecule has 2 rings (SSSR count). The molecule has 14 nitrogen and oxygen atoms in total. The van der Waals surface area contributed by atoms with Gasteiger partial charge in [-0.3, -0.25) is 24.0 Å². The lowest BCUT2D eigenvalue weighted by Gasteiger charge is -2.24. The number of carboxylic acids is 3. The Bertz CT molecular complexity index is 1180. The molecule has 14 heteroatoms. The molecule has 4 atom stereocenters. The highest BCUT2D eigenvalue weighted by Gasteiger charge is 2.31. The van der Waals surface area contributed by atoms with Crippen molar-refractivity contribution in [3.8, 4) is 0 Å². The summed E-state index contributed by atoms with van der Waals surface area (Å²) in [7, 11) is 0. The van der Waals surface area contributed by atoms with Gasteiger partial charge in [-0.1, -0.05) is 18.2 Å². The molecule has 1 heterocycles. The Kier molecular flexibility index (Phi) is 10.1. The number of carboxylic acid groups (broad SMARTS) is 3. The number of H-pyrrole nitrogens is 1. The van der Waals surface area contributed by atoms with Crippen LogP contribution in [0, 0.1) is 0 Å². The highest BCUT2D eigenvalue weighted by Crippen LogP contribution is 2.19. The SMILES string of the molecule is CC(N)C(=O)NC(CCC(=O)O)C(=O)NC(Cc1c[nH]c2ccccc12)C(=O)NC(CC(=O)O)C(=O)O. The molecule has 9 N–H and O–H groups in total. The first kappa shape index (κ1) is 28.8. The Morgan fingerprint density at radius 1 is 0.865 bits per heavy atom. The predicted molar refractivity (Wildman–Crippen MR) is 128 cm³/mol. The van der Waals surface area contributed by atoms with Gasteiger partial charge in [-0.25, -0.2) is 4.79 Å². The van der Waals surface area contributed by atoms with Crippen LogP contribution in [-0.4, -0.2) is 80.1 Å². The number of carbonyl (C=O) groups excluding carboxylic acids is 3. The second-order valence-corrected chi connectivity index (χ2v) is 8.40. The van der Waals surface area contributed by atoms with Gasteiger partial charge in [-0.05, 0) is 25.0 Å². The van der Waals surface area contributed by atoms with Gasteiger partial charge in [-0.2, -0.15) is 0 Å². The topological polar surface area (TPSA) is 241 Å². The van der Waals surface area contributed by atoms with E-state index >= 15 is 0 Å². The van der Waals surface area contributed by atoms with E-state index in [1.807, 2.05) is 0 Å². The van der Waals surface area contributed by atoms with E-state index in [-0.39, 0.29) is 12.8 Å². The number of para-hydroxylation sites is 1. The number of nitrogens with two attached hydrogens (primary N) is 1. The van der Waals surface area contributed by atoms with Crippen molar-refractivity contribution in [3.05, 3.63) is 36.0 Å². The minimum atomic E-state index is -1.77. The zero-order chi connectivity index (χ0) is 27.7. The van der Waals surface area contributed by atoms with Crippen molar-refractivity contribution >= 4 is 46.5 Å². The molecule has 0 radical (unpaired) electrons. The second-order valence-electron chi connectivity index (χ2n) is 8.40. The molecule has 4 unspecified atom stereocenters. The smallest absolute Gasteiger partial charge is 0.326 e. The van der Waals surface area contributed by atoms with Crippen LogP contribution in [0.1, 0.15) is 31.7 Å². The quantitative estimate of drug-likeness (QED) is 0.150. The van der Waals surface area contributed by atoms with Crippen LogP contribution in [0.15, 0.2) is 30.5 Å². The Hall–Kier alpha value is -4.46. The molecule has 1 aromatic carbocycles. The minimum Gasteiger partial charge on any atom is -0.481 e. The summed E-state index contributed by atoms with van der Waals surface area (Å²) in [6.07, 6.45) is -0.217. The molecule has 0 spiro atoms. The maximum atomic E-state index is 13.1. The summed E-state index contributed by atoms with van der Waals surface area (Å²) < 4.78 is 0. The van der Waals surface area contributed by atoms with Crippen molar-refractivity contribution in [2.45, 2.75) is 56.8 Å². The van der Waals surface area contributed by atoms with Crippen LogP contribution in [0.5, 0.6) is 0 Å². The van der Waals surface area contributed by atoms with Crippen molar-refractivity contribution in [1.29, 1.82) is 0 Å². The fourth-order valence-corrected chi connectivity index (χ4v) is 3.49. The second kappa shape index (κ2) is 13.0. The number of rotatable bonds is 14. The molecule has 37 heavy (non-hydrogen) atoms. The maximum Gasteiger partial charge on any atom is 0.326 e. The van der Waals surface area contributed by atoms with E-state index < -0.39 is 72.6 Å². The molecule has 0 aliphatic rings. The molecular formula is C23H29N5O9. The highest BCUT2D eigenvalue weighted by molar-refractivity contribution is 5.95. The zero-order valence-corrected chi connectivity index (χ0v) is 19.9. The molecule has 0 bridgehead atoms. The van der Waals surface area contributed by atoms with Gasteiger partial charge in [0.05, 0.1) is 12.5 Å². The summed E-state index contributed by atoms with van der Waals surface area (Å²) in [6, 6.07) is 1.56. The molecule has 0 aliphatic carbocycles. The van der Waals surface area contributed by atoms with Crippen molar-refractivity contribution in [2.75, 3.05) is 0 Å². The summed E-state index contributed by atoms with van der Waals surface area (Å²) in [5.74, 6) is -6.88. The molecule has 2 aromatic rings. The van der Waals surface area contributed by atoms with E-state index in [0.717, 1.165) is 10.9 Å². The Morgan fingerprint density at radius 2 is 1.46 bits per heavy atom. The number of aromatic amines is 1. The van der Waals surface area contributed by atoms with E-state index in [1.54, 1.807) is 30.5 Å². The van der Waals surface area contributed by atoms with Crippen LogP contribution in [0.3, 0.4) is 0 Å². The van der Waals surface area contributed by atoms with Crippen molar-refractivity contribution < 1.29 is 44.1 Å². The van der Waals surface area contributed by atoms with Gasteiger partial charge in [0, 0.05) is 29.9 Å². The number of amides is 3. The Balaban J connectivity index is 2.34. The average Bonchev–Trinajstić information content (AvgIpc) is 3.22. The monoisotopic (exact) mass is 519 g/mol. The summed E-state index contributed by atoms with van der Waals surface area (Å²) >= 11 is 0. The molecule has 0 aliphatic heterocycles. The maximum absolute atomic E-state index is 13.1. The lowest BCUT2D eigenvalue weighted by atomic mass is 10.0. The van der Waals surface area contributed by atoms with E-state index in [4.69, 9.17) is 15.9 Å². The van der Waals surface area contributed by atoms with Gasteiger partial charge in [0.2, 0.25) is 17.7 Å². The van der Waals surface area contributed by atoms with E-state index in [9.17, 15) is 33.9 Å². The van der Waals surface area contributed by atoms with Crippen LogP contribution in [0.4, 0.5) is 0 Å². The molecule has 0 saturated carbocycles. The van der Waals surface area contributed by atoms with Crippen molar-refractivity contribution in [3.63, 3.8) is 0 Å². The van der Waals surface area contributed by atoms with Crippen LogP contribution in [0.25, 0.3) is 10.9 Å². The third kappa shape index (κ3) is 8.61. The number of fused-ring (bicyclic) bond motifs is 1. The summed E-state index contributed by atoms with van der Waals surface area (Å²) in [6.45, 7) is 1.36. The number of benzene rings is 1. The largest absolute Gasteiger partial charge is 0.481 e. The first-order valence-corrected chi connectivity index (χ1v) is 11.3. The third-order valence-corrected chi connectivity index (χ3v) is 5.42. The van der Waals surface area contributed by atoms with E-state index in [0.29, 0.717) is 5.56 Å². The van der Waals surface area contributed by atoms with Gasteiger partial charge < -0.3 is 42.0 Å².